The maximum atomic E-state index is 12.8. The van der Waals surface area contributed by atoms with Crippen LogP contribution in [0.2, 0.25) is 0 Å². The lowest BCUT2D eigenvalue weighted by Crippen LogP contribution is -2.41. The predicted molar refractivity (Wildman–Crippen MR) is 97.1 cm³/mol. The Morgan fingerprint density at radius 3 is 2.38 bits per heavy atom. The minimum absolute atomic E-state index is 0.115. The van der Waals surface area contributed by atoms with Gasteiger partial charge in [0.2, 0.25) is 15.9 Å². The van der Waals surface area contributed by atoms with Crippen LogP contribution < -0.4 is 5.32 Å². The molecule has 1 N–H and O–H groups in total. The van der Waals surface area contributed by atoms with Crippen LogP contribution in [0, 0.1) is 19.8 Å². The van der Waals surface area contributed by atoms with Crippen LogP contribution in [-0.2, 0) is 14.8 Å². The second-order valence-electron chi connectivity index (χ2n) is 7.61. The Hall–Kier alpha value is -1.41. The smallest absolute Gasteiger partial charge is 0.248 e. The van der Waals surface area contributed by atoms with Crippen molar-refractivity contribution >= 4 is 15.9 Å². The maximum Gasteiger partial charge on any atom is 0.248 e. The third kappa shape index (κ3) is 4.28. The molecule has 7 nitrogen and oxygen atoms in total. The van der Waals surface area contributed by atoms with Gasteiger partial charge in [-0.1, -0.05) is 24.4 Å². The van der Waals surface area contributed by atoms with E-state index in [9.17, 15) is 13.2 Å². The van der Waals surface area contributed by atoms with Gasteiger partial charge in [-0.25, -0.2) is 8.42 Å². The van der Waals surface area contributed by atoms with Crippen molar-refractivity contribution in [3.63, 3.8) is 0 Å². The molecule has 1 aliphatic heterocycles. The number of piperidine rings is 1. The fraction of sp³-hybridized carbons (Fsp3) is 0.778. The number of sulfonamides is 1. The molecule has 26 heavy (non-hydrogen) atoms. The van der Waals surface area contributed by atoms with Gasteiger partial charge < -0.3 is 9.84 Å². The number of nitrogens with zero attached hydrogens (tertiary/aromatic N) is 2. The van der Waals surface area contributed by atoms with Crippen LogP contribution >= 0.6 is 0 Å². The van der Waals surface area contributed by atoms with E-state index in [-0.39, 0.29) is 16.7 Å². The fourth-order valence-electron chi connectivity index (χ4n) is 4.12. The molecule has 1 aliphatic carbocycles. The molecule has 0 spiro atoms. The van der Waals surface area contributed by atoms with Gasteiger partial charge in [0.25, 0.3) is 0 Å². The molecular weight excluding hydrogens is 354 g/mol. The molecule has 1 aromatic rings. The third-order valence-corrected chi connectivity index (χ3v) is 7.73. The first kappa shape index (κ1) is 19.4. The minimum atomic E-state index is -3.58. The molecule has 0 bridgehead atoms. The molecular formula is C18H29N3O4S. The largest absolute Gasteiger partial charge is 0.360 e. The number of aryl methyl sites for hydroxylation is 2. The zero-order valence-corrected chi connectivity index (χ0v) is 16.5. The van der Waals surface area contributed by atoms with Crippen LogP contribution in [0.3, 0.4) is 0 Å². The first-order valence-corrected chi connectivity index (χ1v) is 11.0. The monoisotopic (exact) mass is 383 g/mol. The average molecular weight is 384 g/mol. The van der Waals surface area contributed by atoms with Crippen LogP contribution in [0.5, 0.6) is 0 Å². The van der Waals surface area contributed by atoms with Gasteiger partial charge in [-0.05, 0) is 45.4 Å². The van der Waals surface area contributed by atoms with E-state index >= 15 is 0 Å². The summed E-state index contributed by atoms with van der Waals surface area (Å²) in [6.07, 6.45) is 7.74. The fourth-order valence-corrected chi connectivity index (χ4v) is 5.88. The van der Waals surface area contributed by atoms with E-state index in [4.69, 9.17) is 4.52 Å². The average Bonchev–Trinajstić information content (AvgIpc) is 2.95. The summed E-state index contributed by atoms with van der Waals surface area (Å²) in [5.74, 6) is 0.690. The molecule has 1 saturated carbocycles. The SMILES string of the molecule is Cc1noc(C)c1S(=O)(=O)N1CCC(CC(=O)NC2CCCCC2)CC1. The number of carbonyl (C=O) groups is 1. The highest BCUT2D eigenvalue weighted by atomic mass is 32.2. The van der Waals surface area contributed by atoms with Gasteiger partial charge in [-0.2, -0.15) is 4.31 Å². The van der Waals surface area contributed by atoms with Crippen molar-refractivity contribution in [2.45, 2.75) is 76.2 Å². The molecule has 2 fully saturated rings. The Morgan fingerprint density at radius 2 is 1.81 bits per heavy atom. The normalized spacial score (nSPS) is 21.0. The van der Waals surface area contributed by atoms with E-state index in [2.05, 4.69) is 10.5 Å². The van der Waals surface area contributed by atoms with Crippen molar-refractivity contribution < 1.29 is 17.7 Å². The lowest BCUT2D eigenvalue weighted by molar-refractivity contribution is -0.123. The standard InChI is InChI=1S/C18H29N3O4S/c1-13-18(14(2)25-20-13)26(23,24)21-10-8-15(9-11-21)12-17(22)19-16-6-4-3-5-7-16/h15-16H,3-12H2,1-2H3,(H,19,22). The van der Waals surface area contributed by atoms with Crippen molar-refractivity contribution in [2.24, 2.45) is 5.92 Å². The van der Waals surface area contributed by atoms with Crippen LogP contribution in [0.4, 0.5) is 0 Å². The highest BCUT2D eigenvalue weighted by Gasteiger charge is 2.34. The van der Waals surface area contributed by atoms with E-state index < -0.39 is 10.0 Å². The van der Waals surface area contributed by atoms with Gasteiger partial charge in [0.1, 0.15) is 10.6 Å². The van der Waals surface area contributed by atoms with Gasteiger partial charge in [0.05, 0.1) is 0 Å². The Bertz CT molecular complexity index is 710. The van der Waals surface area contributed by atoms with E-state index in [1.807, 2.05) is 0 Å². The van der Waals surface area contributed by atoms with E-state index in [0.717, 1.165) is 12.8 Å². The molecule has 1 aromatic heterocycles. The van der Waals surface area contributed by atoms with E-state index in [1.165, 1.54) is 23.6 Å². The molecule has 1 saturated heterocycles. The predicted octanol–water partition coefficient (Wildman–Crippen LogP) is 2.53. The molecule has 0 radical (unpaired) electrons. The zero-order chi connectivity index (χ0) is 18.7. The summed E-state index contributed by atoms with van der Waals surface area (Å²) in [6, 6.07) is 0.330. The van der Waals surface area contributed by atoms with E-state index in [1.54, 1.807) is 13.8 Å². The molecule has 0 atom stereocenters. The van der Waals surface area contributed by atoms with Crippen molar-refractivity contribution in [3.05, 3.63) is 11.5 Å². The van der Waals surface area contributed by atoms with Crippen molar-refractivity contribution in [1.82, 2.24) is 14.8 Å². The number of aromatic nitrogens is 1. The zero-order valence-electron chi connectivity index (χ0n) is 15.7. The highest BCUT2D eigenvalue weighted by Crippen LogP contribution is 2.29. The summed E-state index contributed by atoms with van der Waals surface area (Å²) in [6.45, 7) is 4.14. The maximum absolute atomic E-state index is 12.8. The number of hydrogen-bond donors (Lipinski definition) is 1. The molecule has 0 aromatic carbocycles. The molecule has 8 heteroatoms. The molecule has 3 rings (SSSR count). The van der Waals surface area contributed by atoms with Gasteiger partial charge in [-0.15, -0.1) is 0 Å². The number of hydrogen-bond acceptors (Lipinski definition) is 5. The van der Waals surface area contributed by atoms with Gasteiger partial charge >= 0.3 is 0 Å². The second kappa shape index (κ2) is 8.08. The van der Waals surface area contributed by atoms with Gasteiger partial charge in [-0.3, -0.25) is 4.79 Å². The van der Waals surface area contributed by atoms with Gasteiger partial charge in [0.15, 0.2) is 5.76 Å². The number of rotatable bonds is 5. The van der Waals surface area contributed by atoms with Crippen molar-refractivity contribution in [1.29, 1.82) is 0 Å². The van der Waals surface area contributed by atoms with Gasteiger partial charge in [0, 0.05) is 25.6 Å². The number of carbonyl (C=O) groups excluding carboxylic acids is 1. The Kier molecular flexibility index (Phi) is 6.02. The molecule has 0 unspecified atom stereocenters. The summed E-state index contributed by atoms with van der Waals surface area (Å²) in [4.78, 5) is 12.5. The molecule has 146 valence electrons. The van der Waals surface area contributed by atoms with Crippen LogP contribution in [0.25, 0.3) is 0 Å². The van der Waals surface area contributed by atoms with Crippen LogP contribution in [-0.4, -0.2) is 42.9 Å². The lowest BCUT2D eigenvalue weighted by Gasteiger charge is -2.31. The summed E-state index contributed by atoms with van der Waals surface area (Å²) in [5, 5.41) is 6.91. The summed E-state index contributed by atoms with van der Waals surface area (Å²) >= 11 is 0. The van der Waals surface area contributed by atoms with Crippen molar-refractivity contribution in [2.75, 3.05) is 13.1 Å². The van der Waals surface area contributed by atoms with E-state index in [0.29, 0.717) is 49.8 Å². The molecule has 2 aliphatic rings. The Labute approximate surface area is 155 Å². The second-order valence-corrected chi connectivity index (χ2v) is 9.48. The molecule has 2 heterocycles. The Morgan fingerprint density at radius 1 is 1.15 bits per heavy atom. The number of nitrogens with one attached hydrogen (secondary N) is 1. The first-order valence-electron chi connectivity index (χ1n) is 9.60. The summed E-state index contributed by atoms with van der Waals surface area (Å²) in [5.41, 5.74) is 0.400. The summed E-state index contributed by atoms with van der Waals surface area (Å²) < 4.78 is 32.2. The first-order chi connectivity index (χ1) is 12.4. The molecule has 1 amide bonds. The van der Waals surface area contributed by atoms with Crippen molar-refractivity contribution in [3.8, 4) is 0 Å². The topological polar surface area (TPSA) is 92.5 Å². The quantitative estimate of drug-likeness (QED) is 0.843. The highest BCUT2D eigenvalue weighted by molar-refractivity contribution is 7.89. The van der Waals surface area contributed by atoms with Crippen LogP contribution in [0.15, 0.2) is 9.42 Å². The lowest BCUT2D eigenvalue weighted by atomic mass is 9.92. The third-order valence-electron chi connectivity index (χ3n) is 5.58. The summed E-state index contributed by atoms with van der Waals surface area (Å²) in [7, 11) is -3.58. The number of amides is 1. The Balaban J connectivity index is 1.51. The minimum Gasteiger partial charge on any atom is -0.360 e. The van der Waals surface area contributed by atoms with Crippen LogP contribution in [0.1, 0.15) is 62.8 Å².